The van der Waals surface area contributed by atoms with E-state index in [2.05, 4.69) is 15.3 Å². The summed E-state index contributed by atoms with van der Waals surface area (Å²) in [5, 5.41) is 4.63. The van der Waals surface area contributed by atoms with Gasteiger partial charge in [0.1, 0.15) is 10.8 Å². The van der Waals surface area contributed by atoms with E-state index >= 15 is 0 Å². The Kier molecular flexibility index (Phi) is 5.33. The van der Waals surface area contributed by atoms with Crippen molar-refractivity contribution in [2.24, 2.45) is 0 Å². The van der Waals surface area contributed by atoms with Gasteiger partial charge in [-0.15, -0.1) is 11.3 Å². The molecular weight excluding hydrogens is 333 g/mol. The molecule has 0 spiro atoms. The van der Waals surface area contributed by atoms with Crippen LogP contribution in [0.5, 0.6) is 0 Å². The predicted molar refractivity (Wildman–Crippen MR) is 92.2 cm³/mol. The number of pyridine rings is 1. The van der Waals surface area contributed by atoms with E-state index in [1.54, 1.807) is 24.5 Å². The van der Waals surface area contributed by atoms with Crippen molar-refractivity contribution in [2.45, 2.75) is 13.0 Å². The van der Waals surface area contributed by atoms with E-state index in [1.165, 1.54) is 17.4 Å². The average molecular weight is 348 g/mol. The smallest absolute Gasteiger partial charge is 0.133 e. The first-order chi connectivity index (χ1) is 11.2. The number of halogens is 2. The molecule has 2 aromatic heterocycles. The summed E-state index contributed by atoms with van der Waals surface area (Å²) in [6, 6.07) is 10.6. The number of hydrogen-bond donors (Lipinski definition) is 1. The Hall–Kier alpha value is -1.82. The SMILES string of the molecule is Fc1cccc(Cl)c1-c1cnc(CNCCc2ccccn2)s1. The number of nitrogens with one attached hydrogen (secondary N) is 1. The monoisotopic (exact) mass is 347 g/mol. The van der Waals surface area contributed by atoms with Crippen LogP contribution in [0.3, 0.4) is 0 Å². The summed E-state index contributed by atoms with van der Waals surface area (Å²) in [4.78, 5) is 9.36. The van der Waals surface area contributed by atoms with E-state index in [4.69, 9.17) is 11.6 Å². The van der Waals surface area contributed by atoms with Crippen LogP contribution in [0, 0.1) is 5.82 Å². The van der Waals surface area contributed by atoms with Gasteiger partial charge < -0.3 is 5.32 Å². The van der Waals surface area contributed by atoms with Gasteiger partial charge >= 0.3 is 0 Å². The molecule has 3 rings (SSSR count). The zero-order valence-corrected chi connectivity index (χ0v) is 13.9. The normalized spacial score (nSPS) is 10.9. The Morgan fingerprint density at radius 1 is 1.13 bits per heavy atom. The maximum Gasteiger partial charge on any atom is 0.133 e. The van der Waals surface area contributed by atoms with Crippen molar-refractivity contribution in [1.29, 1.82) is 0 Å². The lowest BCUT2D eigenvalue weighted by Gasteiger charge is -2.03. The number of benzene rings is 1. The topological polar surface area (TPSA) is 37.8 Å². The number of rotatable bonds is 6. The largest absolute Gasteiger partial charge is 0.310 e. The van der Waals surface area contributed by atoms with Gasteiger partial charge in [0, 0.05) is 43.2 Å². The highest BCUT2D eigenvalue weighted by Gasteiger charge is 2.12. The van der Waals surface area contributed by atoms with Crippen LogP contribution in [0.2, 0.25) is 5.02 Å². The summed E-state index contributed by atoms with van der Waals surface area (Å²) in [5.41, 5.74) is 1.48. The third-order valence-electron chi connectivity index (χ3n) is 3.32. The maximum atomic E-state index is 13.9. The van der Waals surface area contributed by atoms with E-state index in [0.717, 1.165) is 28.5 Å². The fraction of sp³-hybridized carbons (Fsp3) is 0.176. The Morgan fingerprint density at radius 3 is 2.83 bits per heavy atom. The van der Waals surface area contributed by atoms with Crippen LogP contribution >= 0.6 is 22.9 Å². The highest BCUT2D eigenvalue weighted by Crippen LogP contribution is 2.34. The van der Waals surface area contributed by atoms with Gasteiger partial charge in [-0.1, -0.05) is 23.7 Å². The fourth-order valence-corrected chi connectivity index (χ4v) is 3.47. The minimum atomic E-state index is -0.323. The van der Waals surface area contributed by atoms with Crippen LogP contribution in [0.4, 0.5) is 4.39 Å². The van der Waals surface area contributed by atoms with Crippen LogP contribution < -0.4 is 5.32 Å². The summed E-state index contributed by atoms with van der Waals surface area (Å²) >= 11 is 7.53. The van der Waals surface area contributed by atoms with Gasteiger partial charge in [0.25, 0.3) is 0 Å². The van der Waals surface area contributed by atoms with E-state index in [0.29, 0.717) is 17.1 Å². The van der Waals surface area contributed by atoms with Gasteiger partial charge in [-0.25, -0.2) is 9.37 Å². The first-order valence-electron chi connectivity index (χ1n) is 7.24. The molecule has 118 valence electrons. The molecule has 0 aliphatic heterocycles. The van der Waals surface area contributed by atoms with Crippen molar-refractivity contribution in [3.8, 4) is 10.4 Å². The molecule has 6 heteroatoms. The molecule has 0 radical (unpaired) electrons. The molecule has 3 aromatic rings. The fourth-order valence-electron chi connectivity index (χ4n) is 2.20. The molecule has 1 aromatic carbocycles. The Balaban J connectivity index is 1.58. The number of aromatic nitrogens is 2. The lowest BCUT2D eigenvalue weighted by molar-refractivity contribution is 0.632. The number of nitrogens with zero attached hydrogens (tertiary/aromatic N) is 2. The molecule has 0 bridgehead atoms. The minimum absolute atomic E-state index is 0.323. The highest BCUT2D eigenvalue weighted by molar-refractivity contribution is 7.15. The zero-order chi connectivity index (χ0) is 16.1. The predicted octanol–water partition coefficient (Wildman–Crippen LogP) is 4.33. The van der Waals surface area contributed by atoms with Gasteiger partial charge in [0.05, 0.1) is 9.90 Å². The number of hydrogen-bond acceptors (Lipinski definition) is 4. The van der Waals surface area contributed by atoms with Crippen molar-refractivity contribution in [1.82, 2.24) is 15.3 Å². The van der Waals surface area contributed by atoms with E-state index in [1.807, 2.05) is 18.2 Å². The number of thiazole rings is 1. The summed E-state index contributed by atoms with van der Waals surface area (Å²) in [6.45, 7) is 1.45. The standard InChI is InChI=1S/C17H15ClFN3S/c18-13-5-3-6-14(19)17(13)15-10-22-16(23-15)11-20-9-7-12-4-1-2-8-21-12/h1-6,8,10,20H,7,9,11H2. The molecule has 0 fully saturated rings. The highest BCUT2D eigenvalue weighted by atomic mass is 35.5. The van der Waals surface area contributed by atoms with Crippen LogP contribution in [0.25, 0.3) is 10.4 Å². The van der Waals surface area contributed by atoms with Gasteiger partial charge in [-0.05, 0) is 24.3 Å². The lowest BCUT2D eigenvalue weighted by atomic mass is 10.2. The molecule has 0 atom stereocenters. The van der Waals surface area contributed by atoms with Crippen molar-refractivity contribution >= 4 is 22.9 Å². The first kappa shape index (κ1) is 16.1. The summed E-state index contributed by atoms with van der Waals surface area (Å²) in [6.07, 6.45) is 4.32. The van der Waals surface area contributed by atoms with E-state index < -0.39 is 0 Å². The third kappa shape index (κ3) is 4.13. The molecule has 1 N–H and O–H groups in total. The summed E-state index contributed by atoms with van der Waals surface area (Å²) in [5.74, 6) is -0.323. The van der Waals surface area contributed by atoms with Gasteiger partial charge in [0.2, 0.25) is 0 Å². The molecular formula is C17H15ClFN3S. The first-order valence-corrected chi connectivity index (χ1v) is 8.43. The molecule has 0 saturated heterocycles. The minimum Gasteiger partial charge on any atom is -0.310 e. The third-order valence-corrected chi connectivity index (χ3v) is 4.65. The molecule has 0 unspecified atom stereocenters. The Bertz CT molecular complexity index is 756. The van der Waals surface area contributed by atoms with Crippen LogP contribution in [-0.2, 0) is 13.0 Å². The van der Waals surface area contributed by atoms with Gasteiger partial charge in [-0.3, -0.25) is 4.98 Å². The van der Waals surface area contributed by atoms with Crippen molar-refractivity contribution in [3.05, 3.63) is 70.3 Å². The van der Waals surface area contributed by atoms with Crippen molar-refractivity contribution < 1.29 is 4.39 Å². The molecule has 0 saturated carbocycles. The quantitative estimate of drug-likeness (QED) is 0.674. The van der Waals surface area contributed by atoms with Crippen LogP contribution in [0.15, 0.2) is 48.8 Å². The van der Waals surface area contributed by atoms with Crippen molar-refractivity contribution in [2.75, 3.05) is 6.54 Å². The average Bonchev–Trinajstić information content (AvgIpc) is 3.01. The van der Waals surface area contributed by atoms with Gasteiger partial charge in [0.15, 0.2) is 0 Å². The Morgan fingerprint density at radius 2 is 2.04 bits per heavy atom. The second-order valence-electron chi connectivity index (χ2n) is 4.96. The van der Waals surface area contributed by atoms with E-state index in [-0.39, 0.29) is 5.82 Å². The molecule has 23 heavy (non-hydrogen) atoms. The van der Waals surface area contributed by atoms with Crippen LogP contribution in [0.1, 0.15) is 10.7 Å². The molecule has 3 nitrogen and oxygen atoms in total. The molecule has 0 amide bonds. The maximum absolute atomic E-state index is 13.9. The second kappa shape index (κ2) is 7.64. The van der Waals surface area contributed by atoms with E-state index in [9.17, 15) is 4.39 Å². The lowest BCUT2D eigenvalue weighted by Crippen LogP contribution is -2.16. The zero-order valence-electron chi connectivity index (χ0n) is 12.3. The van der Waals surface area contributed by atoms with Gasteiger partial charge in [-0.2, -0.15) is 0 Å². The van der Waals surface area contributed by atoms with Crippen molar-refractivity contribution in [3.63, 3.8) is 0 Å². The summed E-state index contributed by atoms with van der Waals surface area (Å²) < 4.78 is 13.9. The molecule has 0 aliphatic rings. The Labute approximate surface area is 143 Å². The summed E-state index contributed by atoms with van der Waals surface area (Å²) in [7, 11) is 0. The van der Waals surface area contributed by atoms with Crippen LogP contribution in [-0.4, -0.2) is 16.5 Å². The second-order valence-corrected chi connectivity index (χ2v) is 6.49. The molecule has 2 heterocycles. The molecule has 0 aliphatic carbocycles.